The first-order valence-corrected chi connectivity index (χ1v) is 8.74. The maximum atomic E-state index is 6.02. The molecule has 0 saturated heterocycles. The molecule has 4 nitrogen and oxygen atoms in total. The van der Waals surface area contributed by atoms with E-state index in [0.29, 0.717) is 12.6 Å². The summed E-state index contributed by atoms with van der Waals surface area (Å²) in [6, 6.07) is 6.54. The van der Waals surface area contributed by atoms with Crippen molar-refractivity contribution in [2.45, 2.75) is 45.2 Å². The van der Waals surface area contributed by atoms with Crippen molar-refractivity contribution < 1.29 is 0 Å². The molecule has 0 radical (unpaired) electrons. The molecule has 5 heteroatoms. The average molecular weight is 347 g/mol. The zero-order valence-electron chi connectivity index (χ0n) is 14.6. The molecule has 3 N–H and O–H groups in total. The molecule has 1 aliphatic carbocycles. The van der Waals surface area contributed by atoms with E-state index < -0.39 is 0 Å². The van der Waals surface area contributed by atoms with Gasteiger partial charge in [-0.15, -0.1) is 0 Å². The predicted octanol–water partition coefficient (Wildman–Crippen LogP) is 4.03. The lowest BCUT2D eigenvalue weighted by molar-refractivity contribution is 0.704. The van der Waals surface area contributed by atoms with Crippen LogP contribution >= 0.6 is 11.6 Å². The summed E-state index contributed by atoms with van der Waals surface area (Å²) in [6.45, 7) is 6.70. The Hall–Kier alpha value is -1.78. The Morgan fingerprint density at radius 1 is 1.38 bits per heavy atom. The van der Waals surface area contributed by atoms with Crippen LogP contribution in [-0.2, 0) is 13.6 Å². The van der Waals surface area contributed by atoms with Gasteiger partial charge in [0.2, 0.25) is 0 Å². The molecule has 1 aromatic heterocycles. The summed E-state index contributed by atoms with van der Waals surface area (Å²) in [7, 11) is 1.93. The van der Waals surface area contributed by atoms with Gasteiger partial charge >= 0.3 is 0 Å². The van der Waals surface area contributed by atoms with E-state index in [4.69, 9.17) is 17.3 Å². The number of rotatable bonds is 4. The van der Waals surface area contributed by atoms with Crippen molar-refractivity contribution in [2.75, 3.05) is 0 Å². The fourth-order valence-electron chi connectivity index (χ4n) is 2.74. The van der Waals surface area contributed by atoms with Gasteiger partial charge < -0.3 is 15.6 Å². The number of hydrogen-bond acceptors (Lipinski definition) is 3. The fraction of sp³-hybridized carbons (Fsp3) is 0.421. The molecule has 1 saturated carbocycles. The number of nitrogens with one attached hydrogen (secondary N) is 1. The largest absolute Gasteiger partial charge is 0.380 e. The Morgan fingerprint density at radius 2 is 2.08 bits per heavy atom. The molecule has 1 aliphatic rings. The monoisotopic (exact) mass is 346 g/mol. The van der Waals surface area contributed by atoms with Crippen LogP contribution in [0.5, 0.6) is 0 Å². The molecule has 3 rings (SSSR count). The number of nitrogens with zero attached hydrogens (tertiary/aromatic N) is 2. The Morgan fingerprint density at radius 3 is 2.58 bits per heavy atom. The number of imidazole rings is 1. The molecule has 1 aromatic carbocycles. The van der Waals surface area contributed by atoms with E-state index in [0.717, 1.165) is 27.5 Å². The molecule has 1 fully saturated rings. The van der Waals surface area contributed by atoms with E-state index in [9.17, 15) is 0 Å². The normalized spacial score (nSPS) is 14.2. The quantitative estimate of drug-likeness (QED) is 0.878. The topological polar surface area (TPSA) is 55.9 Å². The highest BCUT2D eigenvalue weighted by Gasteiger charge is 2.07. The molecule has 130 valence electrons. The minimum atomic E-state index is 0.546. The highest BCUT2D eigenvalue weighted by atomic mass is 35.5. The van der Waals surface area contributed by atoms with Crippen molar-refractivity contribution in [3.63, 3.8) is 0 Å². The second-order valence-corrected chi connectivity index (χ2v) is 6.87. The molecule has 24 heavy (non-hydrogen) atoms. The van der Waals surface area contributed by atoms with Crippen LogP contribution in [-0.4, -0.2) is 15.6 Å². The van der Waals surface area contributed by atoms with E-state index in [1.807, 2.05) is 36.9 Å². The lowest BCUT2D eigenvalue weighted by Crippen LogP contribution is -2.13. The fourth-order valence-corrected chi connectivity index (χ4v) is 3.05. The van der Waals surface area contributed by atoms with Crippen LogP contribution in [0.3, 0.4) is 0 Å². The van der Waals surface area contributed by atoms with E-state index in [1.54, 1.807) is 6.33 Å². The third-order valence-electron chi connectivity index (χ3n) is 4.02. The molecular formula is C19H27ClN4. The second-order valence-electron chi connectivity index (χ2n) is 6.44. The Bertz CT molecular complexity index is 652. The number of halogens is 1. The standard InChI is InChI=1S/C14H16ClN3.C5H11N/c1-10-4-12(6-13(15)5-10)7-16-11(2)14-8-18(3)9-17-14;6-5-3-1-2-4-5/h4-6,8-9,16H,2,7H2,1,3H3;5H,1-4,6H2. The number of nitrogens with two attached hydrogens (primary N) is 1. The van der Waals surface area contributed by atoms with Crippen molar-refractivity contribution in [1.82, 2.24) is 14.9 Å². The highest BCUT2D eigenvalue weighted by Crippen LogP contribution is 2.16. The predicted molar refractivity (Wildman–Crippen MR) is 102 cm³/mol. The SMILES string of the molecule is C=C(NCc1cc(C)cc(Cl)c1)c1cn(C)cn1.NC1CCCC1. The number of hydrogen-bond donors (Lipinski definition) is 2. The van der Waals surface area contributed by atoms with Crippen molar-refractivity contribution >= 4 is 17.3 Å². The van der Waals surface area contributed by atoms with Crippen LogP contribution in [0.4, 0.5) is 0 Å². The molecule has 0 unspecified atom stereocenters. The molecule has 1 heterocycles. The smallest absolute Gasteiger partial charge is 0.103 e. The van der Waals surface area contributed by atoms with Gasteiger partial charge in [0.15, 0.2) is 0 Å². The van der Waals surface area contributed by atoms with Gasteiger partial charge in [0.1, 0.15) is 5.69 Å². The third-order valence-corrected chi connectivity index (χ3v) is 4.24. The molecule has 0 aliphatic heterocycles. The van der Waals surface area contributed by atoms with Crippen LogP contribution in [0.1, 0.15) is 42.5 Å². The van der Waals surface area contributed by atoms with Gasteiger partial charge in [0, 0.05) is 30.9 Å². The summed E-state index contributed by atoms with van der Waals surface area (Å²) in [5.74, 6) is 0. The summed E-state index contributed by atoms with van der Waals surface area (Å²) >= 11 is 6.02. The first-order valence-electron chi connectivity index (χ1n) is 8.37. The van der Waals surface area contributed by atoms with Gasteiger partial charge in [-0.3, -0.25) is 0 Å². The first-order chi connectivity index (χ1) is 11.4. The first kappa shape index (κ1) is 18.6. The minimum absolute atomic E-state index is 0.546. The van der Waals surface area contributed by atoms with Crippen molar-refractivity contribution in [2.24, 2.45) is 12.8 Å². The van der Waals surface area contributed by atoms with Crippen LogP contribution < -0.4 is 11.1 Å². The molecular weight excluding hydrogens is 320 g/mol. The molecule has 0 spiro atoms. The van der Waals surface area contributed by atoms with Crippen molar-refractivity contribution in [3.05, 3.63) is 59.1 Å². The van der Waals surface area contributed by atoms with Crippen LogP contribution in [0.15, 0.2) is 37.3 Å². The van der Waals surface area contributed by atoms with Crippen LogP contribution in [0.2, 0.25) is 5.02 Å². The summed E-state index contributed by atoms with van der Waals surface area (Å²) in [5, 5.41) is 4.01. The highest BCUT2D eigenvalue weighted by molar-refractivity contribution is 6.30. The summed E-state index contributed by atoms with van der Waals surface area (Å²) in [5.41, 5.74) is 9.50. The lowest BCUT2D eigenvalue weighted by Gasteiger charge is -2.08. The van der Waals surface area contributed by atoms with Gasteiger partial charge in [-0.25, -0.2) is 4.98 Å². The zero-order chi connectivity index (χ0) is 17.5. The summed E-state index contributed by atoms with van der Waals surface area (Å²) in [4.78, 5) is 4.24. The van der Waals surface area contributed by atoms with Gasteiger partial charge in [-0.2, -0.15) is 0 Å². The van der Waals surface area contributed by atoms with Gasteiger partial charge in [0.25, 0.3) is 0 Å². The van der Waals surface area contributed by atoms with Crippen LogP contribution in [0, 0.1) is 6.92 Å². The third kappa shape index (κ3) is 6.02. The molecule has 2 aromatic rings. The zero-order valence-corrected chi connectivity index (χ0v) is 15.3. The molecule has 0 atom stereocenters. The average Bonchev–Trinajstić information content (AvgIpc) is 3.16. The summed E-state index contributed by atoms with van der Waals surface area (Å²) < 4.78 is 1.89. The van der Waals surface area contributed by atoms with E-state index >= 15 is 0 Å². The second kappa shape index (κ2) is 8.90. The van der Waals surface area contributed by atoms with Gasteiger partial charge in [-0.05, 0) is 43.0 Å². The lowest BCUT2D eigenvalue weighted by atomic mass is 10.1. The van der Waals surface area contributed by atoms with E-state index in [2.05, 4.69) is 22.9 Å². The van der Waals surface area contributed by atoms with Crippen molar-refractivity contribution in [1.29, 1.82) is 0 Å². The Labute approximate surface area is 149 Å². The molecule has 0 amide bonds. The van der Waals surface area contributed by atoms with Crippen molar-refractivity contribution in [3.8, 4) is 0 Å². The number of aromatic nitrogens is 2. The minimum Gasteiger partial charge on any atom is -0.380 e. The Kier molecular flexibility index (Phi) is 6.88. The number of aryl methyl sites for hydroxylation is 2. The maximum absolute atomic E-state index is 6.02. The number of benzene rings is 1. The van der Waals surface area contributed by atoms with E-state index in [1.165, 1.54) is 25.7 Å². The Balaban J connectivity index is 0.000000292. The van der Waals surface area contributed by atoms with Gasteiger partial charge in [0.05, 0.1) is 12.0 Å². The maximum Gasteiger partial charge on any atom is 0.103 e. The van der Waals surface area contributed by atoms with E-state index in [-0.39, 0.29) is 0 Å². The summed E-state index contributed by atoms with van der Waals surface area (Å²) in [6.07, 6.45) is 8.94. The van der Waals surface area contributed by atoms with Crippen LogP contribution in [0.25, 0.3) is 5.70 Å². The molecule has 0 bridgehead atoms. The van der Waals surface area contributed by atoms with Gasteiger partial charge in [-0.1, -0.05) is 37.1 Å².